The van der Waals surface area contributed by atoms with Gasteiger partial charge in [-0.1, -0.05) is 23.7 Å². The second kappa shape index (κ2) is 7.96. The van der Waals surface area contributed by atoms with Gasteiger partial charge in [0.15, 0.2) is 6.61 Å². The molecular weight excluding hydrogens is 306 g/mol. The highest BCUT2D eigenvalue weighted by molar-refractivity contribution is 7.98. The quantitative estimate of drug-likeness (QED) is 0.823. The summed E-state index contributed by atoms with van der Waals surface area (Å²) in [6.45, 7) is 0.438. The van der Waals surface area contributed by atoms with E-state index < -0.39 is 0 Å². The molecule has 0 aliphatic carbocycles. The van der Waals surface area contributed by atoms with E-state index in [2.05, 4.69) is 5.32 Å². The zero-order valence-corrected chi connectivity index (χ0v) is 13.2. The molecule has 5 heteroatoms. The number of thioether (sulfide) groups is 1. The van der Waals surface area contributed by atoms with Crippen LogP contribution < -0.4 is 10.1 Å². The van der Waals surface area contributed by atoms with Crippen molar-refractivity contribution in [1.29, 1.82) is 0 Å². The van der Waals surface area contributed by atoms with Crippen LogP contribution in [0, 0.1) is 0 Å². The predicted octanol–water partition coefficient (Wildman–Crippen LogP) is 3.76. The maximum absolute atomic E-state index is 11.7. The molecule has 0 bridgehead atoms. The number of carbonyl (C=O) groups is 1. The Hall–Kier alpha value is -1.65. The molecule has 2 aromatic carbocycles. The Morgan fingerprint density at radius 1 is 1.24 bits per heavy atom. The van der Waals surface area contributed by atoms with E-state index in [1.165, 1.54) is 0 Å². The van der Waals surface area contributed by atoms with Crippen LogP contribution in [0.5, 0.6) is 5.75 Å². The topological polar surface area (TPSA) is 38.3 Å². The summed E-state index contributed by atoms with van der Waals surface area (Å²) < 4.78 is 5.43. The normalized spacial score (nSPS) is 10.2. The summed E-state index contributed by atoms with van der Waals surface area (Å²) in [5.41, 5.74) is 0.958. The summed E-state index contributed by atoms with van der Waals surface area (Å²) >= 11 is 7.55. The third kappa shape index (κ3) is 5.33. The molecule has 0 fully saturated rings. The number of nitrogens with one attached hydrogen (secondary N) is 1. The monoisotopic (exact) mass is 321 g/mol. The maximum atomic E-state index is 11.7. The van der Waals surface area contributed by atoms with Crippen molar-refractivity contribution in [2.45, 2.75) is 11.4 Å². The lowest BCUT2D eigenvalue weighted by atomic mass is 10.2. The lowest BCUT2D eigenvalue weighted by Gasteiger charge is -2.08. The molecule has 0 aliphatic rings. The third-order valence-corrected chi connectivity index (χ3v) is 3.79. The van der Waals surface area contributed by atoms with Crippen LogP contribution in [-0.2, 0) is 11.3 Å². The number of benzene rings is 2. The Balaban J connectivity index is 1.76. The number of amides is 1. The van der Waals surface area contributed by atoms with E-state index >= 15 is 0 Å². The zero-order chi connectivity index (χ0) is 15.1. The summed E-state index contributed by atoms with van der Waals surface area (Å²) in [5.74, 6) is 0.523. The Morgan fingerprint density at radius 2 is 2.00 bits per heavy atom. The summed E-state index contributed by atoms with van der Waals surface area (Å²) in [5, 5.41) is 3.45. The molecule has 0 saturated heterocycles. The first-order chi connectivity index (χ1) is 10.2. The number of hydrogen-bond donors (Lipinski definition) is 1. The lowest BCUT2D eigenvalue weighted by Crippen LogP contribution is -2.28. The molecule has 3 nitrogen and oxygen atoms in total. The number of carbonyl (C=O) groups excluding carboxylic acids is 1. The first kappa shape index (κ1) is 15.7. The number of ether oxygens (including phenoxy) is 1. The van der Waals surface area contributed by atoms with Crippen LogP contribution in [0.3, 0.4) is 0 Å². The van der Waals surface area contributed by atoms with Crippen LogP contribution in [0.2, 0.25) is 5.02 Å². The number of halogens is 1. The highest BCUT2D eigenvalue weighted by Gasteiger charge is 2.03. The molecule has 0 saturated carbocycles. The molecule has 2 aromatic rings. The van der Waals surface area contributed by atoms with Gasteiger partial charge in [-0.25, -0.2) is 0 Å². The van der Waals surface area contributed by atoms with Crippen molar-refractivity contribution in [3.05, 3.63) is 59.1 Å². The average Bonchev–Trinajstić information content (AvgIpc) is 2.51. The largest absolute Gasteiger partial charge is 0.484 e. The fraction of sp³-hybridized carbons (Fsp3) is 0.188. The SMILES string of the molecule is CSc1ccc(OCC(=O)NCc2cccc(Cl)c2)cc1. The van der Waals surface area contributed by atoms with Gasteiger partial charge < -0.3 is 10.1 Å². The second-order valence-corrected chi connectivity index (χ2v) is 5.69. The smallest absolute Gasteiger partial charge is 0.258 e. The fourth-order valence-electron chi connectivity index (χ4n) is 1.72. The Kier molecular flexibility index (Phi) is 5.96. The minimum atomic E-state index is -0.163. The van der Waals surface area contributed by atoms with Crippen molar-refractivity contribution in [2.24, 2.45) is 0 Å². The Bertz CT molecular complexity index is 601. The molecule has 0 unspecified atom stereocenters. The van der Waals surface area contributed by atoms with Gasteiger partial charge in [0.1, 0.15) is 5.75 Å². The molecule has 0 atom stereocenters. The van der Waals surface area contributed by atoms with Crippen molar-refractivity contribution in [3.8, 4) is 5.75 Å². The van der Waals surface area contributed by atoms with E-state index in [-0.39, 0.29) is 12.5 Å². The van der Waals surface area contributed by atoms with Gasteiger partial charge in [0, 0.05) is 16.5 Å². The molecule has 0 aromatic heterocycles. The molecular formula is C16H16ClNO2S. The van der Waals surface area contributed by atoms with Gasteiger partial charge in [-0.05, 0) is 48.2 Å². The van der Waals surface area contributed by atoms with Gasteiger partial charge in [0.2, 0.25) is 0 Å². The summed E-state index contributed by atoms with van der Waals surface area (Å²) in [6, 6.07) is 15.0. The van der Waals surface area contributed by atoms with E-state index in [0.717, 1.165) is 10.5 Å². The summed E-state index contributed by atoms with van der Waals surface area (Å²) in [4.78, 5) is 12.9. The minimum Gasteiger partial charge on any atom is -0.484 e. The molecule has 1 amide bonds. The Morgan fingerprint density at radius 3 is 2.67 bits per heavy atom. The highest BCUT2D eigenvalue weighted by atomic mass is 35.5. The minimum absolute atomic E-state index is 0.000813. The third-order valence-electron chi connectivity index (χ3n) is 2.81. The first-order valence-electron chi connectivity index (χ1n) is 6.45. The highest BCUT2D eigenvalue weighted by Crippen LogP contribution is 2.18. The fourth-order valence-corrected chi connectivity index (χ4v) is 2.34. The maximum Gasteiger partial charge on any atom is 0.258 e. The standard InChI is InChI=1S/C16H16ClNO2S/c1-21-15-7-5-14(6-8-15)20-11-16(19)18-10-12-3-2-4-13(17)9-12/h2-9H,10-11H2,1H3,(H,18,19). The van der Waals surface area contributed by atoms with Crippen LogP contribution in [0.4, 0.5) is 0 Å². The lowest BCUT2D eigenvalue weighted by molar-refractivity contribution is -0.123. The molecule has 0 spiro atoms. The molecule has 0 radical (unpaired) electrons. The summed E-state index contributed by atoms with van der Waals surface area (Å²) in [7, 11) is 0. The van der Waals surface area contributed by atoms with Crippen LogP contribution in [-0.4, -0.2) is 18.8 Å². The number of rotatable bonds is 6. The van der Waals surface area contributed by atoms with E-state index in [9.17, 15) is 4.79 Å². The van der Waals surface area contributed by atoms with E-state index in [4.69, 9.17) is 16.3 Å². The van der Waals surface area contributed by atoms with Crippen molar-refractivity contribution in [1.82, 2.24) is 5.32 Å². The van der Waals surface area contributed by atoms with Crippen LogP contribution in [0.15, 0.2) is 53.4 Å². The van der Waals surface area contributed by atoms with Crippen molar-refractivity contribution in [2.75, 3.05) is 12.9 Å². The molecule has 2 rings (SSSR count). The molecule has 1 N–H and O–H groups in total. The van der Waals surface area contributed by atoms with Gasteiger partial charge in [-0.2, -0.15) is 0 Å². The number of hydrogen-bond acceptors (Lipinski definition) is 3. The van der Waals surface area contributed by atoms with Crippen molar-refractivity contribution >= 4 is 29.3 Å². The first-order valence-corrected chi connectivity index (χ1v) is 8.05. The predicted molar refractivity (Wildman–Crippen MR) is 87.0 cm³/mol. The van der Waals surface area contributed by atoms with Gasteiger partial charge in [-0.15, -0.1) is 11.8 Å². The van der Waals surface area contributed by atoms with Gasteiger partial charge in [0.25, 0.3) is 5.91 Å². The average molecular weight is 322 g/mol. The Labute approximate surface area is 133 Å². The van der Waals surface area contributed by atoms with Gasteiger partial charge in [0.05, 0.1) is 0 Å². The van der Waals surface area contributed by atoms with Crippen LogP contribution in [0.25, 0.3) is 0 Å². The summed E-state index contributed by atoms with van der Waals surface area (Å²) in [6.07, 6.45) is 2.01. The molecule has 110 valence electrons. The van der Waals surface area contributed by atoms with E-state index in [1.807, 2.05) is 48.7 Å². The zero-order valence-electron chi connectivity index (χ0n) is 11.6. The van der Waals surface area contributed by atoms with E-state index in [0.29, 0.717) is 17.3 Å². The molecule has 21 heavy (non-hydrogen) atoms. The molecule has 0 heterocycles. The second-order valence-electron chi connectivity index (χ2n) is 4.37. The molecule has 0 aliphatic heterocycles. The van der Waals surface area contributed by atoms with Crippen molar-refractivity contribution in [3.63, 3.8) is 0 Å². The van der Waals surface area contributed by atoms with Crippen molar-refractivity contribution < 1.29 is 9.53 Å². The van der Waals surface area contributed by atoms with Gasteiger partial charge >= 0.3 is 0 Å². The van der Waals surface area contributed by atoms with Gasteiger partial charge in [-0.3, -0.25) is 4.79 Å². The van der Waals surface area contributed by atoms with E-state index in [1.54, 1.807) is 17.8 Å². The van der Waals surface area contributed by atoms with Crippen LogP contribution >= 0.6 is 23.4 Å². The van der Waals surface area contributed by atoms with Crippen LogP contribution in [0.1, 0.15) is 5.56 Å².